The number of alkyl halides is 2. The normalized spacial score (nSPS) is 21.2. The molecule has 2 aromatic rings. The van der Waals surface area contributed by atoms with E-state index < -0.39 is 30.8 Å². The molecule has 1 fully saturated rings. The van der Waals surface area contributed by atoms with Gasteiger partial charge in [0.05, 0.1) is 12.6 Å². The molecule has 3 heterocycles. The van der Waals surface area contributed by atoms with Gasteiger partial charge in [0.2, 0.25) is 5.91 Å². The van der Waals surface area contributed by atoms with Crippen LogP contribution in [0.5, 0.6) is 0 Å². The highest BCUT2D eigenvalue weighted by atomic mass is 19.3. The van der Waals surface area contributed by atoms with Crippen LogP contribution in [0, 0.1) is 0 Å². The van der Waals surface area contributed by atoms with Crippen LogP contribution in [0.2, 0.25) is 0 Å². The van der Waals surface area contributed by atoms with Crippen molar-refractivity contribution >= 4 is 11.6 Å². The summed E-state index contributed by atoms with van der Waals surface area (Å²) in [6.07, 6.45) is 4.90. The van der Waals surface area contributed by atoms with Crippen molar-refractivity contribution in [3.05, 3.63) is 36.3 Å². The second-order valence-corrected chi connectivity index (χ2v) is 4.94. The van der Waals surface area contributed by atoms with E-state index in [1.807, 2.05) is 28.9 Å². The zero-order chi connectivity index (χ0) is 14.2. The maximum absolute atomic E-state index is 13.0. The third-order valence-electron chi connectivity index (χ3n) is 3.36. The zero-order valence-electron chi connectivity index (χ0n) is 10.6. The molecule has 20 heavy (non-hydrogen) atoms. The molecule has 1 unspecified atom stereocenters. The minimum atomic E-state index is -2.79. The largest absolute Gasteiger partial charge is 0.351 e. The van der Waals surface area contributed by atoms with Crippen molar-refractivity contribution in [3.63, 3.8) is 0 Å². The fourth-order valence-corrected chi connectivity index (χ4v) is 2.28. The fraction of sp³-hybridized carbons (Fsp3) is 0.385. The van der Waals surface area contributed by atoms with E-state index in [-0.39, 0.29) is 0 Å². The number of nitrogens with one attached hydrogen (secondary N) is 2. The number of hydrogen-bond donors (Lipinski definition) is 2. The minimum Gasteiger partial charge on any atom is -0.351 e. The number of imidazole rings is 1. The van der Waals surface area contributed by atoms with Crippen molar-refractivity contribution in [2.75, 3.05) is 6.54 Å². The molecule has 1 aliphatic heterocycles. The molecule has 0 spiro atoms. The molecule has 1 aliphatic rings. The lowest BCUT2D eigenvalue weighted by molar-refractivity contribution is -0.123. The standard InChI is InChI=1S/C13H14F2N4O/c14-13(15)6-10(18-8-13)12(20)17-7-9-1-3-19-4-2-16-11(19)5-9/h1-5,10,18H,6-8H2,(H,17,20). The van der Waals surface area contributed by atoms with Gasteiger partial charge in [0.15, 0.2) is 0 Å². The Hall–Kier alpha value is -2.02. The summed E-state index contributed by atoms with van der Waals surface area (Å²) in [7, 11) is 0. The van der Waals surface area contributed by atoms with E-state index >= 15 is 0 Å². The first-order valence-electron chi connectivity index (χ1n) is 6.34. The summed E-state index contributed by atoms with van der Waals surface area (Å²) in [5, 5.41) is 5.19. The summed E-state index contributed by atoms with van der Waals surface area (Å²) in [5.74, 6) is -3.19. The van der Waals surface area contributed by atoms with Crippen LogP contribution in [0.1, 0.15) is 12.0 Å². The second kappa shape index (κ2) is 4.82. The number of fused-ring (bicyclic) bond motifs is 1. The molecule has 2 N–H and O–H groups in total. The molecule has 0 saturated carbocycles. The number of pyridine rings is 1. The van der Waals surface area contributed by atoms with Crippen molar-refractivity contribution in [1.29, 1.82) is 0 Å². The Bertz CT molecular complexity index is 640. The number of halogens is 2. The van der Waals surface area contributed by atoms with Gasteiger partial charge in [-0.15, -0.1) is 0 Å². The van der Waals surface area contributed by atoms with Crippen molar-refractivity contribution in [3.8, 4) is 0 Å². The van der Waals surface area contributed by atoms with Gasteiger partial charge in [-0.2, -0.15) is 0 Å². The number of carbonyl (C=O) groups excluding carboxylic acids is 1. The minimum absolute atomic E-state index is 0.298. The Morgan fingerprint density at radius 1 is 1.55 bits per heavy atom. The molecule has 0 aromatic carbocycles. The van der Waals surface area contributed by atoms with Gasteiger partial charge in [-0.05, 0) is 17.7 Å². The van der Waals surface area contributed by atoms with Crippen LogP contribution in [0.15, 0.2) is 30.7 Å². The molecule has 1 amide bonds. The summed E-state index contributed by atoms with van der Waals surface area (Å²) >= 11 is 0. The van der Waals surface area contributed by atoms with Crippen molar-refractivity contribution in [2.45, 2.75) is 24.9 Å². The van der Waals surface area contributed by atoms with Crippen LogP contribution in [0.3, 0.4) is 0 Å². The van der Waals surface area contributed by atoms with E-state index in [2.05, 4.69) is 15.6 Å². The maximum atomic E-state index is 13.0. The van der Waals surface area contributed by atoms with E-state index in [1.165, 1.54) is 0 Å². The SMILES string of the molecule is O=C(NCc1ccn2ccnc2c1)C1CC(F)(F)CN1. The number of nitrogens with zero attached hydrogens (tertiary/aromatic N) is 2. The van der Waals surface area contributed by atoms with Gasteiger partial charge in [-0.1, -0.05) is 0 Å². The van der Waals surface area contributed by atoms with E-state index in [0.717, 1.165) is 11.2 Å². The molecule has 2 aromatic heterocycles. The first-order chi connectivity index (χ1) is 9.53. The highest BCUT2D eigenvalue weighted by Crippen LogP contribution is 2.25. The molecule has 1 atom stereocenters. The Morgan fingerprint density at radius 3 is 3.15 bits per heavy atom. The highest BCUT2D eigenvalue weighted by molar-refractivity contribution is 5.82. The fourth-order valence-electron chi connectivity index (χ4n) is 2.28. The summed E-state index contributed by atoms with van der Waals surface area (Å²) in [6, 6.07) is 2.88. The zero-order valence-corrected chi connectivity index (χ0v) is 10.6. The smallest absolute Gasteiger partial charge is 0.262 e. The molecule has 7 heteroatoms. The summed E-state index contributed by atoms with van der Waals surface area (Å²) in [6.45, 7) is -0.142. The van der Waals surface area contributed by atoms with Crippen molar-refractivity contribution in [1.82, 2.24) is 20.0 Å². The van der Waals surface area contributed by atoms with Gasteiger partial charge in [0.1, 0.15) is 5.65 Å². The van der Waals surface area contributed by atoms with E-state index in [4.69, 9.17) is 0 Å². The highest BCUT2D eigenvalue weighted by Gasteiger charge is 2.42. The number of carbonyl (C=O) groups is 1. The van der Waals surface area contributed by atoms with Gasteiger partial charge in [-0.25, -0.2) is 13.8 Å². The molecule has 1 saturated heterocycles. The maximum Gasteiger partial charge on any atom is 0.262 e. The third-order valence-corrected chi connectivity index (χ3v) is 3.36. The average molecular weight is 280 g/mol. The van der Waals surface area contributed by atoms with Crippen LogP contribution in [-0.2, 0) is 11.3 Å². The monoisotopic (exact) mass is 280 g/mol. The molecule has 5 nitrogen and oxygen atoms in total. The quantitative estimate of drug-likeness (QED) is 0.880. The first-order valence-corrected chi connectivity index (χ1v) is 6.34. The average Bonchev–Trinajstić information content (AvgIpc) is 3.01. The van der Waals surface area contributed by atoms with Gasteiger partial charge >= 0.3 is 0 Å². The van der Waals surface area contributed by atoms with Gasteiger partial charge in [-0.3, -0.25) is 10.1 Å². The second-order valence-electron chi connectivity index (χ2n) is 4.94. The Balaban J connectivity index is 1.60. The van der Waals surface area contributed by atoms with Gasteiger partial charge < -0.3 is 9.72 Å². The molecule has 0 radical (unpaired) electrons. The molecular formula is C13H14F2N4O. The first kappa shape index (κ1) is 13.0. The van der Waals surface area contributed by atoms with Crippen LogP contribution in [0.25, 0.3) is 5.65 Å². The Labute approximate surface area is 114 Å². The third kappa shape index (κ3) is 2.62. The van der Waals surface area contributed by atoms with Crippen LogP contribution < -0.4 is 10.6 Å². The number of amides is 1. The van der Waals surface area contributed by atoms with Crippen LogP contribution in [-0.4, -0.2) is 33.8 Å². The molecule has 0 aliphatic carbocycles. The molecular weight excluding hydrogens is 266 g/mol. The Morgan fingerprint density at radius 2 is 2.40 bits per heavy atom. The molecule has 3 rings (SSSR count). The van der Waals surface area contributed by atoms with Gasteiger partial charge in [0.25, 0.3) is 5.92 Å². The summed E-state index contributed by atoms with van der Waals surface area (Å²) in [5.41, 5.74) is 1.66. The Kier molecular flexibility index (Phi) is 3.13. The summed E-state index contributed by atoms with van der Waals surface area (Å²) in [4.78, 5) is 15.9. The lowest BCUT2D eigenvalue weighted by Gasteiger charge is -2.11. The van der Waals surface area contributed by atoms with Crippen molar-refractivity contribution in [2.24, 2.45) is 0 Å². The molecule has 106 valence electrons. The summed E-state index contributed by atoms with van der Waals surface area (Å²) < 4.78 is 27.9. The number of rotatable bonds is 3. The number of aromatic nitrogens is 2. The predicted octanol–water partition coefficient (Wildman–Crippen LogP) is 0.948. The number of hydrogen-bond acceptors (Lipinski definition) is 3. The predicted molar refractivity (Wildman–Crippen MR) is 68.4 cm³/mol. The lowest BCUT2D eigenvalue weighted by Crippen LogP contribution is -2.40. The van der Waals surface area contributed by atoms with E-state index in [1.54, 1.807) is 6.20 Å². The van der Waals surface area contributed by atoms with Crippen LogP contribution >= 0.6 is 0 Å². The topological polar surface area (TPSA) is 58.4 Å². The van der Waals surface area contributed by atoms with E-state index in [0.29, 0.717) is 6.54 Å². The molecule has 0 bridgehead atoms. The van der Waals surface area contributed by atoms with Gasteiger partial charge in [0, 0.05) is 31.6 Å². The lowest BCUT2D eigenvalue weighted by atomic mass is 10.2. The van der Waals surface area contributed by atoms with Crippen molar-refractivity contribution < 1.29 is 13.6 Å². The van der Waals surface area contributed by atoms with Crippen LogP contribution in [0.4, 0.5) is 8.78 Å². The van der Waals surface area contributed by atoms with E-state index in [9.17, 15) is 13.6 Å².